The van der Waals surface area contributed by atoms with Crippen molar-refractivity contribution >= 4 is 17.0 Å². The monoisotopic (exact) mass is 412 g/mol. The van der Waals surface area contributed by atoms with E-state index >= 15 is 0 Å². The highest BCUT2D eigenvalue weighted by atomic mass is 16.5. The molecule has 1 amide bonds. The third-order valence-electron chi connectivity index (χ3n) is 7.06. The summed E-state index contributed by atoms with van der Waals surface area (Å²) < 4.78 is 11.0. The molecule has 162 valence electrons. The Morgan fingerprint density at radius 2 is 2.20 bits per heavy atom. The molecular weight excluding hydrogens is 380 g/mol. The first-order valence-corrected chi connectivity index (χ1v) is 11.2. The SMILES string of the molecule is CN1CC(COC(=O)NCCN2CCOCC2)C[C@H]2c3cccc4[nH]cc(c34)C[C@@H]21. The van der Waals surface area contributed by atoms with E-state index < -0.39 is 0 Å². The summed E-state index contributed by atoms with van der Waals surface area (Å²) in [6.07, 6.45) is 4.04. The van der Waals surface area contributed by atoms with E-state index in [9.17, 15) is 4.79 Å². The van der Waals surface area contributed by atoms with Gasteiger partial charge in [0.1, 0.15) is 0 Å². The Morgan fingerprint density at radius 1 is 1.33 bits per heavy atom. The Bertz CT molecular complexity index is 892. The quantitative estimate of drug-likeness (QED) is 0.788. The summed E-state index contributed by atoms with van der Waals surface area (Å²) in [7, 11) is 2.21. The number of carbonyl (C=O) groups is 1. The molecule has 7 nitrogen and oxygen atoms in total. The Labute approximate surface area is 177 Å². The number of aromatic amines is 1. The number of piperidine rings is 1. The molecule has 2 aliphatic heterocycles. The first kappa shape index (κ1) is 19.8. The van der Waals surface area contributed by atoms with Crippen LogP contribution >= 0.6 is 0 Å². The minimum absolute atomic E-state index is 0.299. The van der Waals surface area contributed by atoms with Crippen LogP contribution in [0.4, 0.5) is 4.79 Å². The molecule has 2 saturated heterocycles. The number of nitrogens with zero attached hydrogens (tertiary/aromatic N) is 2. The standard InChI is InChI=1S/C23H32N4O3/c1-26-14-16(15-30-23(28)24-5-6-27-7-9-29-10-8-27)11-19-18-3-2-4-20-22(18)17(13-25-20)12-21(19)26/h2-4,13,16,19,21,25H,5-12,14-15H2,1H3,(H,24,28)/t16?,19-,21-/m0/s1. The smallest absolute Gasteiger partial charge is 0.407 e. The largest absolute Gasteiger partial charge is 0.449 e. The van der Waals surface area contributed by atoms with E-state index in [1.807, 2.05) is 0 Å². The predicted molar refractivity (Wildman–Crippen MR) is 116 cm³/mol. The third kappa shape index (κ3) is 3.94. The first-order valence-electron chi connectivity index (χ1n) is 11.2. The second kappa shape index (κ2) is 8.57. The maximum atomic E-state index is 12.2. The number of hydrogen-bond donors (Lipinski definition) is 2. The Hall–Kier alpha value is -2.09. The molecule has 3 aliphatic rings. The van der Waals surface area contributed by atoms with Crippen molar-refractivity contribution in [2.45, 2.75) is 24.8 Å². The highest BCUT2D eigenvalue weighted by molar-refractivity contribution is 5.88. The highest BCUT2D eigenvalue weighted by Gasteiger charge is 2.39. The van der Waals surface area contributed by atoms with Gasteiger partial charge in [0.2, 0.25) is 0 Å². The van der Waals surface area contributed by atoms with E-state index in [2.05, 4.69) is 51.5 Å². The van der Waals surface area contributed by atoms with Crippen molar-refractivity contribution in [2.75, 3.05) is 59.6 Å². The van der Waals surface area contributed by atoms with Gasteiger partial charge in [0.05, 0.1) is 19.8 Å². The number of rotatable bonds is 5. The van der Waals surface area contributed by atoms with Gasteiger partial charge in [-0.15, -0.1) is 0 Å². The summed E-state index contributed by atoms with van der Waals surface area (Å²) in [4.78, 5) is 20.4. The average molecular weight is 413 g/mol. The van der Waals surface area contributed by atoms with Crippen molar-refractivity contribution in [2.24, 2.45) is 5.92 Å². The molecule has 0 radical (unpaired) electrons. The molecule has 2 N–H and O–H groups in total. The number of carbonyl (C=O) groups excluding carboxylic acids is 1. The molecule has 3 atom stereocenters. The molecule has 0 saturated carbocycles. The summed E-state index contributed by atoms with van der Waals surface area (Å²) in [6, 6.07) is 7.13. The van der Waals surface area contributed by atoms with E-state index in [1.54, 1.807) is 0 Å². The van der Waals surface area contributed by atoms with Crippen LogP contribution in [0, 0.1) is 5.92 Å². The van der Waals surface area contributed by atoms with Gasteiger partial charge < -0.3 is 24.7 Å². The minimum atomic E-state index is -0.299. The lowest BCUT2D eigenvalue weighted by Crippen LogP contribution is -2.49. The van der Waals surface area contributed by atoms with Crippen molar-refractivity contribution in [3.8, 4) is 0 Å². The second-order valence-corrected chi connectivity index (χ2v) is 8.98. The molecule has 1 unspecified atom stereocenters. The number of likely N-dealkylation sites (tertiary alicyclic amines) is 1. The van der Waals surface area contributed by atoms with Crippen LogP contribution in [0.5, 0.6) is 0 Å². The van der Waals surface area contributed by atoms with Gasteiger partial charge in [-0.25, -0.2) is 4.79 Å². The van der Waals surface area contributed by atoms with Crippen molar-refractivity contribution in [3.63, 3.8) is 0 Å². The minimum Gasteiger partial charge on any atom is -0.449 e. The van der Waals surface area contributed by atoms with Gasteiger partial charge in [-0.3, -0.25) is 4.90 Å². The summed E-state index contributed by atoms with van der Waals surface area (Å²) in [6.45, 7) is 6.33. The number of H-pyrrole nitrogens is 1. The third-order valence-corrected chi connectivity index (χ3v) is 7.06. The van der Waals surface area contributed by atoms with Gasteiger partial charge in [0.25, 0.3) is 0 Å². The topological polar surface area (TPSA) is 69.8 Å². The van der Waals surface area contributed by atoms with Gasteiger partial charge in [-0.05, 0) is 37.1 Å². The van der Waals surface area contributed by atoms with Crippen LogP contribution in [0.15, 0.2) is 24.4 Å². The second-order valence-electron chi connectivity index (χ2n) is 8.98. The molecule has 1 aromatic carbocycles. The van der Waals surface area contributed by atoms with E-state index in [-0.39, 0.29) is 6.09 Å². The molecular formula is C23H32N4O3. The van der Waals surface area contributed by atoms with Crippen molar-refractivity contribution in [1.82, 2.24) is 20.1 Å². The van der Waals surface area contributed by atoms with Crippen LogP contribution in [0.25, 0.3) is 10.9 Å². The number of morpholine rings is 1. The number of likely N-dealkylation sites (N-methyl/N-ethyl adjacent to an activating group) is 1. The average Bonchev–Trinajstić information content (AvgIpc) is 3.18. The lowest BCUT2D eigenvalue weighted by molar-refractivity contribution is 0.0375. The predicted octanol–water partition coefficient (Wildman–Crippen LogP) is 2.19. The first-order chi connectivity index (χ1) is 14.7. The summed E-state index contributed by atoms with van der Waals surface area (Å²) in [5.41, 5.74) is 4.12. The molecule has 3 heterocycles. The van der Waals surface area contributed by atoms with Gasteiger partial charge in [-0.1, -0.05) is 12.1 Å². The Morgan fingerprint density at radius 3 is 3.07 bits per heavy atom. The molecule has 5 rings (SSSR count). The van der Waals surface area contributed by atoms with Crippen LogP contribution in [0.2, 0.25) is 0 Å². The van der Waals surface area contributed by atoms with Crippen LogP contribution < -0.4 is 5.32 Å². The maximum absolute atomic E-state index is 12.2. The Balaban J connectivity index is 1.15. The number of aromatic nitrogens is 1. The zero-order chi connectivity index (χ0) is 20.5. The number of ether oxygens (including phenoxy) is 2. The van der Waals surface area contributed by atoms with E-state index in [0.717, 1.165) is 52.2 Å². The highest BCUT2D eigenvalue weighted by Crippen LogP contribution is 2.44. The van der Waals surface area contributed by atoms with Crippen LogP contribution in [0.1, 0.15) is 23.5 Å². The lowest BCUT2D eigenvalue weighted by atomic mass is 9.72. The fourth-order valence-electron chi connectivity index (χ4n) is 5.56. The maximum Gasteiger partial charge on any atom is 0.407 e. The van der Waals surface area contributed by atoms with Gasteiger partial charge >= 0.3 is 6.09 Å². The zero-order valence-corrected chi connectivity index (χ0v) is 17.7. The van der Waals surface area contributed by atoms with Crippen LogP contribution in [-0.2, 0) is 15.9 Å². The number of alkyl carbamates (subject to hydrolysis) is 1. The van der Waals surface area contributed by atoms with Crippen LogP contribution in [-0.4, -0.2) is 86.5 Å². The normalized spacial score (nSPS) is 27.0. The van der Waals surface area contributed by atoms with Crippen molar-refractivity contribution in [3.05, 3.63) is 35.5 Å². The number of benzene rings is 1. The zero-order valence-electron chi connectivity index (χ0n) is 17.7. The van der Waals surface area contributed by atoms with Crippen molar-refractivity contribution < 1.29 is 14.3 Å². The number of amides is 1. The van der Waals surface area contributed by atoms with Crippen molar-refractivity contribution in [1.29, 1.82) is 0 Å². The molecule has 2 aromatic rings. The van der Waals surface area contributed by atoms with Gasteiger partial charge in [-0.2, -0.15) is 0 Å². The molecule has 30 heavy (non-hydrogen) atoms. The molecule has 7 heteroatoms. The summed E-state index contributed by atoms with van der Waals surface area (Å²) in [5.74, 6) is 0.853. The molecule has 2 fully saturated rings. The molecule has 1 aromatic heterocycles. The molecule has 0 spiro atoms. The number of fused-ring (bicyclic) bond motifs is 2. The summed E-state index contributed by atoms with van der Waals surface area (Å²) in [5, 5.41) is 4.31. The fourth-order valence-corrected chi connectivity index (χ4v) is 5.56. The van der Waals surface area contributed by atoms with E-state index in [0.29, 0.717) is 31.0 Å². The fraction of sp³-hybridized carbons (Fsp3) is 0.609. The van der Waals surface area contributed by atoms with Crippen LogP contribution in [0.3, 0.4) is 0 Å². The van der Waals surface area contributed by atoms with Gasteiger partial charge in [0, 0.05) is 67.7 Å². The lowest BCUT2D eigenvalue weighted by Gasteiger charge is -2.45. The molecule has 1 aliphatic carbocycles. The molecule has 0 bridgehead atoms. The number of hydrogen-bond acceptors (Lipinski definition) is 5. The van der Waals surface area contributed by atoms with E-state index in [4.69, 9.17) is 9.47 Å². The summed E-state index contributed by atoms with van der Waals surface area (Å²) >= 11 is 0. The number of nitrogens with one attached hydrogen (secondary N) is 2. The van der Waals surface area contributed by atoms with Gasteiger partial charge in [0.15, 0.2) is 0 Å². The van der Waals surface area contributed by atoms with E-state index in [1.165, 1.54) is 22.0 Å². The Kier molecular flexibility index (Phi) is 5.67.